The second-order valence-corrected chi connectivity index (χ2v) is 8.76. The van der Waals surface area contributed by atoms with Crippen LogP contribution in [0.2, 0.25) is 0 Å². The highest BCUT2D eigenvalue weighted by Gasteiger charge is 2.33. The number of nitrogens with zero attached hydrogens (tertiary/aromatic N) is 1. The monoisotopic (exact) mass is 368 g/mol. The molecular formula is C18H28N2O4S. The summed E-state index contributed by atoms with van der Waals surface area (Å²) < 4.78 is 33.0. The van der Waals surface area contributed by atoms with E-state index in [0.29, 0.717) is 24.8 Å². The van der Waals surface area contributed by atoms with E-state index in [-0.39, 0.29) is 16.7 Å². The van der Waals surface area contributed by atoms with E-state index in [1.54, 1.807) is 17.0 Å². The molecule has 7 heteroatoms. The third-order valence-corrected chi connectivity index (χ3v) is 6.01. The molecule has 140 valence electrons. The van der Waals surface area contributed by atoms with Gasteiger partial charge in [0.25, 0.3) is 0 Å². The molecule has 1 aliphatic heterocycles. The van der Waals surface area contributed by atoms with Crippen molar-refractivity contribution in [3.8, 4) is 5.75 Å². The Hall–Kier alpha value is -1.60. The first-order valence-electron chi connectivity index (χ1n) is 8.69. The molecule has 1 fully saturated rings. The second kappa shape index (κ2) is 8.19. The van der Waals surface area contributed by atoms with Gasteiger partial charge in [0.2, 0.25) is 15.9 Å². The van der Waals surface area contributed by atoms with Crippen LogP contribution in [-0.4, -0.2) is 45.5 Å². The highest BCUT2D eigenvalue weighted by Crippen LogP contribution is 2.20. The Kier molecular flexibility index (Phi) is 6.46. The molecule has 0 spiro atoms. The van der Waals surface area contributed by atoms with Gasteiger partial charge in [0, 0.05) is 13.1 Å². The summed E-state index contributed by atoms with van der Waals surface area (Å²) in [6.45, 7) is 7.20. The van der Waals surface area contributed by atoms with Crippen LogP contribution in [0.4, 0.5) is 0 Å². The number of nitrogens with one attached hydrogen (secondary N) is 1. The average Bonchev–Trinajstić information content (AvgIpc) is 2.59. The number of hydrogen-bond donors (Lipinski definition) is 1. The molecule has 0 aliphatic carbocycles. The molecule has 6 nitrogen and oxygen atoms in total. The Bertz CT molecular complexity index is 686. The van der Waals surface area contributed by atoms with E-state index in [2.05, 4.69) is 11.6 Å². The van der Waals surface area contributed by atoms with Crippen molar-refractivity contribution in [1.82, 2.24) is 9.62 Å². The van der Waals surface area contributed by atoms with E-state index in [1.165, 1.54) is 19.2 Å². The van der Waals surface area contributed by atoms with Gasteiger partial charge in [-0.25, -0.2) is 8.42 Å². The van der Waals surface area contributed by atoms with Gasteiger partial charge in [-0.15, -0.1) is 0 Å². The molecule has 2 unspecified atom stereocenters. The number of piperidine rings is 1. The molecule has 1 amide bonds. The highest BCUT2D eigenvalue weighted by molar-refractivity contribution is 7.89. The second-order valence-electron chi connectivity index (χ2n) is 7.05. The number of benzene rings is 1. The molecule has 0 radical (unpaired) electrons. The van der Waals surface area contributed by atoms with Gasteiger partial charge in [-0.3, -0.25) is 4.79 Å². The van der Waals surface area contributed by atoms with Crippen molar-refractivity contribution >= 4 is 15.9 Å². The van der Waals surface area contributed by atoms with Crippen molar-refractivity contribution in [1.29, 1.82) is 0 Å². The maximum atomic E-state index is 12.9. The zero-order chi connectivity index (χ0) is 18.6. The predicted octanol–water partition coefficient (Wildman–Crippen LogP) is 2.26. The lowest BCUT2D eigenvalue weighted by molar-refractivity contribution is -0.135. The fraction of sp³-hybridized carbons (Fsp3) is 0.611. The molecule has 2 atom stereocenters. The van der Waals surface area contributed by atoms with Crippen molar-refractivity contribution in [3.63, 3.8) is 0 Å². The summed E-state index contributed by atoms with van der Waals surface area (Å²) in [4.78, 5) is 14.8. The van der Waals surface area contributed by atoms with Crippen LogP contribution >= 0.6 is 0 Å². The Morgan fingerprint density at radius 1 is 1.28 bits per heavy atom. The minimum absolute atomic E-state index is 0.124. The van der Waals surface area contributed by atoms with Gasteiger partial charge in [-0.05, 0) is 48.9 Å². The number of sulfonamides is 1. The number of carbonyl (C=O) groups is 1. The van der Waals surface area contributed by atoms with Gasteiger partial charge in [-0.1, -0.05) is 20.8 Å². The number of ether oxygens (including phenoxy) is 1. The van der Waals surface area contributed by atoms with Crippen LogP contribution < -0.4 is 9.46 Å². The molecule has 1 heterocycles. The zero-order valence-electron chi connectivity index (χ0n) is 15.4. The topological polar surface area (TPSA) is 75.7 Å². The van der Waals surface area contributed by atoms with Gasteiger partial charge in [0.15, 0.2) is 0 Å². The molecule has 0 aromatic heterocycles. The van der Waals surface area contributed by atoms with Gasteiger partial charge in [0.05, 0.1) is 12.0 Å². The van der Waals surface area contributed by atoms with E-state index in [0.717, 1.165) is 12.8 Å². The summed E-state index contributed by atoms with van der Waals surface area (Å²) in [5.41, 5.74) is 0. The van der Waals surface area contributed by atoms with E-state index in [9.17, 15) is 13.2 Å². The molecule has 0 bridgehead atoms. The average molecular weight is 368 g/mol. The lowest BCUT2D eigenvalue weighted by Crippen LogP contribution is -2.53. The molecule has 2 rings (SSSR count). The Balaban J connectivity index is 2.17. The van der Waals surface area contributed by atoms with Gasteiger partial charge >= 0.3 is 0 Å². The summed E-state index contributed by atoms with van der Waals surface area (Å²) in [6, 6.07) is 5.37. The quantitative estimate of drug-likeness (QED) is 0.836. The van der Waals surface area contributed by atoms with E-state index >= 15 is 0 Å². The van der Waals surface area contributed by atoms with E-state index < -0.39 is 16.1 Å². The van der Waals surface area contributed by atoms with Gasteiger partial charge in [-0.2, -0.15) is 4.72 Å². The van der Waals surface area contributed by atoms with Crippen molar-refractivity contribution in [3.05, 3.63) is 24.3 Å². The van der Waals surface area contributed by atoms with Crippen LogP contribution in [0.1, 0.15) is 33.6 Å². The number of amides is 1. The zero-order valence-corrected chi connectivity index (χ0v) is 16.2. The lowest BCUT2D eigenvalue weighted by atomic mass is 9.97. The number of carbonyl (C=O) groups excluding carboxylic acids is 1. The Labute approximate surface area is 150 Å². The van der Waals surface area contributed by atoms with Crippen LogP contribution in [0.25, 0.3) is 0 Å². The molecule has 0 saturated carbocycles. The third kappa shape index (κ3) is 4.95. The summed E-state index contributed by atoms with van der Waals surface area (Å²) in [7, 11) is -2.26. The van der Waals surface area contributed by atoms with Gasteiger partial charge < -0.3 is 9.64 Å². The Morgan fingerprint density at radius 2 is 1.92 bits per heavy atom. The summed E-state index contributed by atoms with van der Waals surface area (Å²) in [5.74, 6) is 0.748. The molecule has 25 heavy (non-hydrogen) atoms. The minimum Gasteiger partial charge on any atom is -0.497 e. The van der Waals surface area contributed by atoms with Crippen LogP contribution in [-0.2, 0) is 14.8 Å². The molecule has 1 N–H and O–H groups in total. The normalized spacial score (nSPS) is 19.7. The summed E-state index contributed by atoms with van der Waals surface area (Å²) in [6.07, 6.45) is 2.07. The maximum Gasteiger partial charge on any atom is 0.241 e. The summed E-state index contributed by atoms with van der Waals surface area (Å²) in [5, 5.41) is 0. The smallest absolute Gasteiger partial charge is 0.241 e. The van der Waals surface area contributed by atoms with Gasteiger partial charge in [0.1, 0.15) is 11.8 Å². The first-order chi connectivity index (χ1) is 11.7. The van der Waals surface area contributed by atoms with Crippen molar-refractivity contribution in [2.24, 2.45) is 11.8 Å². The first-order valence-corrected chi connectivity index (χ1v) is 10.2. The first kappa shape index (κ1) is 19.7. The molecule has 1 aromatic rings. The van der Waals surface area contributed by atoms with E-state index in [4.69, 9.17) is 4.74 Å². The van der Waals surface area contributed by atoms with Crippen LogP contribution in [0.3, 0.4) is 0 Å². The van der Waals surface area contributed by atoms with Crippen LogP contribution in [0, 0.1) is 11.8 Å². The lowest BCUT2D eigenvalue weighted by Gasteiger charge is -2.34. The van der Waals surface area contributed by atoms with Crippen molar-refractivity contribution < 1.29 is 17.9 Å². The number of hydrogen-bond acceptors (Lipinski definition) is 4. The van der Waals surface area contributed by atoms with Crippen LogP contribution in [0.5, 0.6) is 5.75 Å². The number of rotatable bonds is 6. The number of likely N-dealkylation sites (tertiary alicyclic amines) is 1. The largest absolute Gasteiger partial charge is 0.497 e. The standard InChI is InChI=1S/C18H28N2O4S/c1-13(2)17(18(21)20-11-5-6-14(3)12-20)19-25(22,23)16-9-7-15(24-4)8-10-16/h7-10,13-14,17,19H,5-6,11-12H2,1-4H3. The van der Waals surface area contributed by atoms with Crippen molar-refractivity contribution in [2.75, 3.05) is 20.2 Å². The molecule has 1 aliphatic rings. The predicted molar refractivity (Wildman–Crippen MR) is 96.9 cm³/mol. The fourth-order valence-corrected chi connectivity index (χ4v) is 4.39. The van der Waals surface area contributed by atoms with E-state index in [1.807, 2.05) is 13.8 Å². The molecule has 1 saturated heterocycles. The Morgan fingerprint density at radius 3 is 2.44 bits per heavy atom. The summed E-state index contributed by atoms with van der Waals surface area (Å²) >= 11 is 0. The third-order valence-electron chi connectivity index (χ3n) is 4.55. The maximum absolute atomic E-state index is 12.9. The molecular weight excluding hydrogens is 340 g/mol. The fourth-order valence-electron chi connectivity index (χ4n) is 3.05. The minimum atomic E-state index is -3.78. The van der Waals surface area contributed by atoms with Crippen LogP contribution in [0.15, 0.2) is 29.2 Å². The highest BCUT2D eigenvalue weighted by atomic mass is 32.2. The number of methoxy groups -OCH3 is 1. The SMILES string of the molecule is COc1ccc(S(=O)(=O)NC(C(=O)N2CCCC(C)C2)C(C)C)cc1. The van der Waals surface area contributed by atoms with Crippen molar-refractivity contribution in [2.45, 2.75) is 44.6 Å². The molecule has 1 aromatic carbocycles.